The molecule has 1 unspecified atom stereocenters. The molecule has 0 radical (unpaired) electrons. The zero-order valence-electron chi connectivity index (χ0n) is 10.5. The van der Waals surface area contributed by atoms with Gasteiger partial charge in [0.15, 0.2) is 0 Å². The van der Waals surface area contributed by atoms with Gasteiger partial charge in [-0.2, -0.15) is 0 Å². The summed E-state index contributed by atoms with van der Waals surface area (Å²) in [7, 11) is 0. The second kappa shape index (κ2) is 5.53. The summed E-state index contributed by atoms with van der Waals surface area (Å²) in [5.74, 6) is 0.902. The highest BCUT2D eigenvalue weighted by molar-refractivity contribution is 6.20. The summed E-state index contributed by atoms with van der Waals surface area (Å²) in [6.45, 7) is 9.42. The molecule has 16 heavy (non-hydrogen) atoms. The first-order valence-corrected chi connectivity index (χ1v) is 6.11. The molecule has 0 aromatic carbocycles. The van der Waals surface area contributed by atoms with E-state index in [4.69, 9.17) is 11.6 Å². The molecule has 0 saturated heterocycles. The zero-order valence-corrected chi connectivity index (χ0v) is 11.3. The van der Waals surface area contributed by atoms with E-state index in [1.54, 1.807) is 0 Å². The van der Waals surface area contributed by atoms with Gasteiger partial charge in [-0.3, -0.25) is 0 Å². The van der Waals surface area contributed by atoms with Crippen molar-refractivity contribution < 1.29 is 0 Å². The van der Waals surface area contributed by atoms with Crippen molar-refractivity contribution in [3.63, 3.8) is 0 Å². The molecule has 0 bridgehead atoms. The van der Waals surface area contributed by atoms with E-state index in [1.807, 2.05) is 18.3 Å². The minimum absolute atomic E-state index is 0.141. The number of anilines is 1. The Labute approximate surface area is 103 Å². The lowest BCUT2D eigenvalue weighted by molar-refractivity contribution is 0.373. The molecule has 0 aliphatic rings. The summed E-state index contributed by atoms with van der Waals surface area (Å²) in [6, 6.07) is 4.01. The SMILES string of the molecule is Cc1ccnc(NCC(Cl)CC(C)(C)C)c1. The maximum atomic E-state index is 6.26. The fraction of sp³-hybridized carbons (Fsp3) is 0.615. The predicted octanol–water partition coefficient (Wildman–Crippen LogP) is 3.85. The Kier molecular flexibility index (Phi) is 4.60. The molecule has 1 heterocycles. The van der Waals surface area contributed by atoms with Crippen molar-refractivity contribution in [2.24, 2.45) is 5.41 Å². The minimum atomic E-state index is 0.141. The molecule has 2 nitrogen and oxygen atoms in total. The number of nitrogens with zero attached hydrogens (tertiary/aromatic N) is 1. The van der Waals surface area contributed by atoms with Gasteiger partial charge >= 0.3 is 0 Å². The van der Waals surface area contributed by atoms with Crippen LogP contribution in [0.2, 0.25) is 0 Å². The number of aromatic nitrogens is 1. The number of rotatable bonds is 4. The molecule has 1 rings (SSSR count). The van der Waals surface area contributed by atoms with Crippen molar-refractivity contribution in [3.05, 3.63) is 23.9 Å². The van der Waals surface area contributed by atoms with Crippen molar-refractivity contribution in [2.45, 2.75) is 39.5 Å². The molecule has 90 valence electrons. The number of hydrogen-bond donors (Lipinski definition) is 1. The molecule has 0 fully saturated rings. The summed E-state index contributed by atoms with van der Waals surface area (Å²) in [5.41, 5.74) is 1.48. The van der Waals surface area contributed by atoms with Crippen LogP contribution in [0.1, 0.15) is 32.8 Å². The highest BCUT2D eigenvalue weighted by Gasteiger charge is 2.16. The lowest BCUT2D eigenvalue weighted by Crippen LogP contribution is -2.21. The first-order chi connectivity index (χ1) is 7.37. The third-order valence-electron chi connectivity index (χ3n) is 2.25. The first kappa shape index (κ1) is 13.3. The van der Waals surface area contributed by atoms with Gasteiger partial charge < -0.3 is 5.32 Å². The molecule has 0 spiro atoms. The van der Waals surface area contributed by atoms with E-state index in [0.717, 1.165) is 18.8 Å². The molecule has 0 aliphatic heterocycles. The van der Waals surface area contributed by atoms with Gasteiger partial charge in [-0.25, -0.2) is 4.98 Å². The van der Waals surface area contributed by atoms with E-state index in [2.05, 4.69) is 38.0 Å². The fourth-order valence-electron chi connectivity index (χ4n) is 1.58. The molecular formula is C13H21ClN2. The van der Waals surface area contributed by atoms with E-state index in [1.165, 1.54) is 5.56 Å². The third-order valence-corrected chi connectivity index (χ3v) is 2.56. The van der Waals surface area contributed by atoms with Crippen LogP contribution < -0.4 is 5.32 Å². The predicted molar refractivity (Wildman–Crippen MR) is 71.2 cm³/mol. The fourth-order valence-corrected chi connectivity index (χ4v) is 2.12. The van der Waals surface area contributed by atoms with E-state index < -0.39 is 0 Å². The van der Waals surface area contributed by atoms with Crippen LogP contribution in [0.15, 0.2) is 18.3 Å². The zero-order chi connectivity index (χ0) is 12.2. The van der Waals surface area contributed by atoms with Crippen LogP contribution in [0, 0.1) is 12.3 Å². The Balaban J connectivity index is 2.40. The van der Waals surface area contributed by atoms with Crippen molar-refractivity contribution in [2.75, 3.05) is 11.9 Å². The Morgan fingerprint density at radius 2 is 2.12 bits per heavy atom. The lowest BCUT2D eigenvalue weighted by atomic mass is 9.90. The maximum absolute atomic E-state index is 6.26. The van der Waals surface area contributed by atoms with Gasteiger partial charge in [-0.05, 0) is 36.5 Å². The molecule has 0 saturated carbocycles. The number of hydrogen-bond acceptors (Lipinski definition) is 2. The molecule has 1 aromatic heterocycles. The van der Waals surface area contributed by atoms with Gasteiger partial charge in [0.2, 0.25) is 0 Å². The van der Waals surface area contributed by atoms with Gasteiger partial charge in [0.05, 0.1) is 5.38 Å². The average Bonchev–Trinajstić information content (AvgIpc) is 2.12. The second-order valence-electron chi connectivity index (χ2n) is 5.46. The van der Waals surface area contributed by atoms with Crippen LogP contribution in [-0.4, -0.2) is 16.9 Å². The largest absolute Gasteiger partial charge is 0.369 e. The Bertz CT molecular complexity index is 331. The number of nitrogens with one attached hydrogen (secondary N) is 1. The minimum Gasteiger partial charge on any atom is -0.369 e. The van der Waals surface area contributed by atoms with E-state index in [9.17, 15) is 0 Å². The van der Waals surface area contributed by atoms with Crippen molar-refractivity contribution in [1.82, 2.24) is 4.98 Å². The number of halogens is 1. The van der Waals surface area contributed by atoms with E-state index in [0.29, 0.717) is 0 Å². The van der Waals surface area contributed by atoms with Gasteiger partial charge in [0.25, 0.3) is 0 Å². The van der Waals surface area contributed by atoms with Crippen LogP contribution in [0.25, 0.3) is 0 Å². The highest BCUT2D eigenvalue weighted by Crippen LogP contribution is 2.23. The summed E-state index contributed by atoms with van der Waals surface area (Å²) in [4.78, 5) is 4.24. The first-order valence-electron chi connectivity index (χ1n) is 5.67. The van der Waals surface area contributed by atoms with E-state index in [-0.39, 0.29) is 10.8 Å². The summed E-state index contributed by atoms with van der Waals surface area (Å²) < 4.78 is 0. The Morgan fingerprint density at radius 3 is 2.69 bits per heavy atom. The van der Waals surface area contributed by atoms with Gasteiger partial charge in [0, 0.05) is 12.7 Å². The number of pyridine rings is 1. The van der Waals surface area contributed by atoms with Crippen molar-refractivity contribution in [3.8, 4) is 0 Å². The monoisotopic (exact) mass is 240 g/mol. The average molecular weight is 241 g/mol. The van der Waals surface area contributed by atoms with Crippen LogP contribution in [-0.2, 0) is 0 Å². The molecule has 1 N–H and O–H groups in total. The molecule has 1 atom stereocenters. The molecule has 3 heteroatoms. The summed E-state index contributed by atoms with van der Waals surface area (Å²) >= 11 is 6.26. The molecular weight excluding hydrogens is 220 g/mol. The van der Waals surface area contributed by atoms with E-state index >= 15 is 0 Å². The molecule has 0 aliphatic carbocycles. The molecule has 1 aromatic rings. The third kappa shape index (κ3) is 5.36. The topological polar surface area (TPSA) is 24.9 Å². The number of alkyl halides is 1. The maximum Gasteiger partial charge on any atom is 0.126 e. The van der Waals surface area contributed by atoms with Gasteiger partial charge in [-0.15, -0.1) is 11.6 Å². The van der Waals surface area contributed by atoms with Crippen LogP contribution in [0.4, 0.5) is 5.82 Å². The Hall–Kier alpha value is -0.760. The summed E-state index contributed by atoms with van der Waals surface area (Å²) in [5, 5.41) is 3.41. The van der Waals surface area contributed by atoms with Crippen molar-refractivity contribution in [1.29, 1.82) is 0 Å². The smallest absolute Gasteiger partial charge is 0.126 e. The Morgan fingerprint density at radius 1 is 1.44 bits per heavy atom. The molecule has 0 amide bonds. The van der Waals surface area contributed by atoms with Gasteiger partial charge in [0.1, 0.15) is 5.82 Å². The standard InChI is InChI=1S/C13H21ClN2/c1-10-5-6-15-12(7-10)16-9-11(14)8-13(2,3)4/h5-7,11H,8-9H2,1-4H3,(H,15,16). The van der Waals surface area contributed by atoms with Crippen LogP contribution >= 0.6 is 11.6 Å². The van der Waals surface area contributed by atoms with Crippen molar-refractivity contribution >= 4 is 17.4 Å². The lowest BCUT2D eigenvalue weighted by Gasteiger charge is -2.22. The summed E-state index contributed by atoms with van der Waals surface area (Å²) in [6.07, 6.45) is 2.80. The van der Waals surface area contributed by atoms with Gasteiger partial charge in [-0.1, -0.05) is 20.8 Å². The highest BCUT2D eigenvalue weighted by atomic mass is 35.5. The van der Waals surface area contributed by atoms with Crippen LogP contribution in [0.3, 0.4) is 0 Å². The quantitative estimate of drug-likeness (QED) is 0.809. The normalized spacial score (nSPS) is 13.6. The van der Waals surface area contributed by atoms with Crippen LogP contribution in [0.5, 0.6) is 0 Å². The number of aryl methyl sites for hydroxylation is 1. The second-order valence-corrected chi connectivity index (χ2v) is 6.08.